The zero-order chi connectivity index (χ0) is 25.0. The van der Waals surface area contributed by atoms with Crippen LogP contribution in [0.3, 0.4) is 0 Å². The zero-order valence-electron chi connectivity index (χ0n) is 19.2. The Balaban J connectivity index is 1.89. The molecule has 6 nitrogen and oxygen atoms in total. The van der Waals surface area contributed by atoms with Crippen LogP contribution < -0.4 is 16.9 Å². The maximum Gasteiger partial charge on any atom is 0.339 e. The number of pyridine rings is 1. The van der Waals surface area contributed by atoms with Gasteiger partial charge in [0.15, 0.2) is 5.58 Å². The largest absolute Gasteiger partial charge is 0.422 e. The van der Waals surface area contributed by atoms with Crippen LogP contribution in [0.1, 0.15) is 51.6 Å². The Morgan fingerprint density at radius 2 is 1.91 bits per heavy atom. The molecule has 0 spiro atoms. The summed E-state index contributed by atoms with van der Waals surface area (Å²) in [6.45, 7) is 3.41. The predicted molar refractivity (Wildman–Crippen MR) is 140 cm³/mol. The van der Waals surface area contributed by atoms with Crippen molar-refractivity contribution < 1.29 is 13.6 Å². The van der Waals surface area contributed by atoms with Crippen molar-refractivity contribution in [3.8, 4) is 11.1 Å². The third kappa shape index (κ3) is 4.09. The fraction of sp³-hybridized carbons (Fsp3) is 0.222. The highest BCUT2D eigenvalue weighted by Crippen LogP contribution is 2.40. The minimum Gasteiger partial charge on any atom is -0.422 e. The number of hydrogen-bond acceptors (Lipinski definition) is 4. The number of halogens is 2. The van der Waals surface area contributed by atoms with Crippen molar-refractivity contribution in [2.24, 2.45) is 5.73 Å². The van der Waals surface area contributed by atoms with Gasteiger partial charge in [-0.2, -0.15) is 0 Å². The summed E-state index contributed by atoms with van der Waals surface area (Å²) in [6, 6.07) is 11.6. The van der Waals surface area contributed by atoms with Gasteiger partial charge in [0.2, 0.25) is 5.91 Å². The molecule has 8 heteroatoms. The second-order valence-electron chi connectivity index (χ2n) is 8.92. The Morgan fingerprint density at radius 1 is 1.17 bits per heavy atom. The monoisotopic (exact) mass is 584 g/mol. The molecular weight excluding hydrogens is 562 g/mol. The Bertz CT molecular complexity index is 1650. The maximum atomic E-state index is 14.8. The Labute approximate surface area is 213 Å². The maximum absolute atomic E-state index is 14.8. The molecule has 4 aromatic rings. The van der Waals surface area contributed by atoms with Crippen LogP contribution in [0.5, 0.6) is 0 Å². The molecule has 0 unspecified atom stereocenters. The molecule has 2 aromatic carbocycles. The normalized spacial score (nSPS) is 13.4. The molecule has 35 heavy (non-hydrogen) atoms. The van der Waals surface area contributed by atoms with E-state index in [1.165, 1.54) is 6.07 Å². The van der Waals surface area contributed by atoms with Crippen LogP contribution in [0.25, 0.3) is 22.1 Å². The summed E-state index contributed by atoms with van der Waals surface area (Å²) in [5.41, 5.74) is 8.00. The molecule has 1 aliphatic rings. The van der Waals surface area contributed by atoms with Crippen LogP contribution in [0, 0.1) is 23.2 Å². The van der Waals surface area contributed by atoms with E-state index in [-0.39, 0.29) is 34.6 Å². The molecule has 1 fully saturated rings. The van der Waals surface area contributed by atoms with Gasteiger partial charge < -0.3 is 14.7 Å². The van der Waals surface area contributed by atoms with Gasteiger partial charge >= 0.3 is 5.63 Å². The molecule has 2 heterocycles. The molecule has 2 N–H and O–H groups in total. The molecule has 5 rings (SSSR count). The summed E-state index contributed by atoms with van der Waals surface area (Å²) in [7, 11) is 0. The molecule has 0 aliphatic heterocycles. The van der Waals surface area contributed by atoms with E-state index in [9.17, 15) is 18.8 Å². The fourth-order valence-corrected chi connectivity index (χ4v) is 5.10. The number of nitrogens with zero attached hydrogens (tertiary/aromatic N) is 1. The van der Waals surface area contributed by atoms with Crippen LogP contribution in [-0.4, -0.2) is 10.5 Å². The Morgan fingerprint density at radius 3 is 2.57 bits per heavy atom. The fourth-order valence-electron chi connectivity index (χ4n) is 4.64. The molecule has 178 valence electrons. The van der Waals surface area contributed by atoms with E-state index in [0.29, 0.717) is 33.5 Å². The molecule has 2 aromatic heterocycles. The Hall–Kier alpha value is -3.27. The van der Waals surface area contributed by atoms with Crippen molar-refractivity contribution in [2.75, 3.05) is 0 Å². The summed E-state index contributed by atoms with van der Waals surface area (Å²) >= 11 is 2.03. The first-order valence-corrected chi connectivity index (χ1v) is 12.3. The van der Waals surface area contributed by atoms with E-state index in [1.54, 1.807) is 47.9 Å². The Kier molecular flexibility index (Phi) is 5.86. The number of benzene rings is 2. The van der Waals surface area contributed by atoms with E-state index >= 15 is 0 Å². The average Bonchev–Trinajstić information content (AvgIpc) is 3.64. The lowest BCUT2D eigenvalue weighted by Gasteiger charge is -2.19. The first-order valence-electron chi connectivity index (χ1n) is 11.2. The first kappa shape index (κ1) is 23.5. The van der Waals surface area contributed by atoms with E-state index < -0.39 is 17.3 Å². The lowest BCUT2D eigenvalue weighted by Crippen LogP contribution is -2.25. The van der Waals surface area contributed by atoms with Crippen LogP contribution >= 0.6 is 22.6 Å². The van der Waals surface area contributed by atoms with Crippen molar-refractivity contribution in [3.05, 3.63) is 101 Å². The van der Waals surface area contributed by atoms with Gasteiger partial charge in [0.25, 0.3) is 5.56 Å². The number of hydrogen-bond donors (Lipinski definition) is 1. The van der Waals surface area contributed by atoms with Gasteiger partial charge in [0.05, 0.1) is 5.39 Å². The van der Waals surface area contributed by atoms with Gasteiger partial charge in [-0.1, -0.05) is 18.2 Å². The molecule has 0 saturated heterocycles. The van der Waals surface area contributed by atoms with Crippen molar-refractivity contribution in [1.29, 1.82) is 0 Å². The minimum atomic E-state index is -0.589. The molecule has 0 bridgehead atoms. The highest BCUT2D eigenvalue weighted by molar-refractivity contribution is 14.1. The zero-order valence-corrected chi connectivity index (χ0v) is 21.3. The molecular formula is C27H22FIN2O4. The number of fused-ring (bicyclic) bond motifs is 1. The number of primary amides is 1. The van der Waals surface area contributed by atoms with Gasteiger partial charge in [-0.3, -0.25) is 9.59 Å². The second kappa shape index (κ2) is 8.75. The molecule has 1 saturated carbocycles. The summed E-state index contributed by atoms with van der Waals surface area (Å²) in [6.07, 6.45) is 1.80. The van der Waals surface area contributed by atoms with Crippen LogP contribution in [0.15, 0.2) is 56.5 Å². The molecule has 0 radical (unpaired) electrons. The van der Waals surface area contributed by atoms with Crippen LogP contribution in [0.4, 0.5) is 4.39 Å². The number of amides is 1. The van der Waals surface area contributed by atoms with E-state index in [0.717, 1.165) is 16.4 Å². The van der Waals surface area contributed by atoms with Crippen molar-refractivity contribution >= 4 is 39.5 Å². The third-order valence-corrected chi connectivity index (χ3v) is 7.27. The lowest BCUT2D eigenvalue weighted by atomic mass is 9.94. The smallest absolute Gasteiger partial charge is 0.339 e. The number of carbonyl (C=O) groups is 1. The van der Waals surface area contributed by atoms with Gasteiger partial charge in [-0.05, 0) is 90.2 Å². The number of rotatable bonds is 5. The first-order chi connectivity index (χ1) is 16.7. The highest BCUT2D eigenvalue weighted by Gasteiger charge is 2.31. The third-order valence-electron chi connectivity index (χ3n) is 6.60. The van der Waals surface area contributed by atoms with Crippen LogP contribution in [0.2, 0.25) is 0 Å². The number of aromatic nitrogens is 1. The summed E-state index contributed by atoms with van der Waals surface area (Å²) in [4.78, 5) is 38.6. The van der Waals surface area contributed by atoms with E-state index in [2.05, 4.69) is 0 Å². The predicted octanol–water partition coefficient (Wildman–Crippen LogP) is 5.01. The SMILES string of the molecule is Cc1c(Cc2ccc(I)cc2F)c2c(=O)n(C3CC3)c(C)c(-c3cccc(C(N)=O)c3)c2oc1=O. The molecule has 1 amide bonds. The second-order valence-corrected chi connectivity index (χ2v) is 10.2. The van der Waals surface area contributed by atoms with Crippen molar-refractivity contribution in [1.82, 2.24) is 4.57 Å². The van der Waals surface area contributed by atoms with E-state index in [4.69, 9.17) is 10.2 Å². The van der Waals surface area contributed by atoms with Crippen LogP contribution in [-0.2, 0) is 6.42 Å². The van der Waals surface area contributed by atoms with Crippen molar-refractivity contribution in [3.63, 3.8) is 0 Å². The number of carbonyl (C=O) groups excluding carboxylic acids is 1. The lowest BCUT2D eigenvalue weighted by molar-refractivity contribution is 0.100. The molecule has 0 atom stereocenters. The standard InChI is InChI=1S/C27H22FIN2O4/c1-13-20(11-15-6-7-18(29)12-21(15)28)23-24(35-27(13)34)22(14(2)31(26(23)33)19-8-9-19)16-4-3-5-17(10-16)25(30)32/h3-7,10,12,19H,8-9,11H2,1-2H3,(H2,30,32). The van der Waals surface area contributed by atoms with Gasteiger partial charge in [-0.15, -0.1) is 0 Å². The summed E-state index contributed by atoms with van der Waals surface area (Å²) < 4.78 is 23.0. The minimum absolute atomic E-state index is 0.0418. The average molecular weight is 584 g/mol. The van der Waals surface area contributed by atoms with Gasteiger partial charge in [-0.25, -0.2) is 9.18 Å². The topological polar surface area (TPSA) is 95.3 Å². The quantitative estimate of drug-likeness (QED) is 0.334. The van der Waals surface area contributed by atoms with Gasteiger partial charge in [0.1, 0.15) is 5.82 Å². The van der Waals surface area contributed by atoms with Crippen molar-refractivity contribution in [2.45, 2.75) is 39.2 Å². The summed E-state index contributed by atoms with van der Waals surface area (Å²) in [5, 5.41) is 0.261. The number of nitrogens with two attached hydrogens (primary N) is 1. The van der Waals surface area contributed by atoms with Gasteiger partial charge in [0, 0.05) is 38.4 Å². The summed E-state index contributed by atoms with van der Waals surface area (Å²) in [5.74, 6) is -0.988. The molecule has 1 aliphatic carbocycles. The van der Waals surface area contributed by atoms with E-state index in [1.807, 2.05) is 29.5 Å². The highest BCUT2D eigenvalue weighted by atomic mass is 127.